The highest BCUT2D eigenvalue weighted by Gasteiger charge is 2.30. The fourth-order valence-electron chi connectivity index (χ4n) is 2.23. The molecule has 0 bridgehead atoms. The van der Waals surface area contributed by atoms with Crippen LogP contribution in [-0.4, -0.2) is 18.5 Å². The molecule has 0 spiro atoms. The van der Waals surface area contributed by atoms with Crippen LogP contribution in [0.2, 0.25) is 0 Å². The van der Waals surface area contributed by atoms with E-state index >= 15 is 0 Å². The van der Waals surface area contributed by atoms with Crippen LogP contribution in [0, 0.1) is 26.2 Å². The number of nitrogens with one attached hydrogen (secondary N) is 1. The molecule has 0 fully saturated rings. The lowest BCUT2D eigenvalue weighted by molar-refractivity contribution is -0.119. The molecular weight excluding hydrogens is 224 g/mol. The number of rotatable bonds is 2. The van der Waals surface area contributed by atoms with E-state index < -0.39 is 0 Å². The maximum atomic E-state index is 12.3. The monoisotopic (exact) mass is 242 g/mol. The molecule has 1 aliphatic heterocycles. The highest BCUT2D eigenvalue weighted by Crippen LogP contribution is 2.34. The van der Waals surface area contributed by atoms with E-state index in [-0.39, 0.29) is 11.9 Å². The molecule has 1 heterocycles. The van der Waals surface area contributed by atoms with Gasteiger partial charge in [0, 0.05) is 0 Å². The maximum Gasteiger partial charge on any atom is 0.250 e. The van der Waals surface area contributed by atoms with Gasteiger partial charge in [-0.3, -0.25) is 9.69 Å². The third-order valence-corrected chi connectivity index (χ3v) is 3.45. The highest BCUT2D eigenvalue weighted by atomic mass is 16.2. The summed E-state index contributed by atoms with van der Waals surface area (Å²) in [4.78, 5) is 14.0. The molecule has 1 aromatic rings. The Labute approximate surface area is 108 Å². The molecule has 3 nitrogen and oxygen atoms in total. The summed E-state index contributed by atoms with van der Waals surface area (Å²) in [7, 11) is 0. The van der Waals surface area contributed by atoms with E-state index in [9.17, 15) is 4.79 Å². The third-order valence-electron chi connectivity index (χ3n) is 3.45. The quantitative estimate of drug-likeness (QED) is 0.808. The molecule has 18 heavy (non-hydrogen) atoms. The van der Waals surface area contributed by atoms with Crippen LogP contribution in [0.4, 0.5) is 11.4 Å². The zero-order valence-corrected chi connectivity index (χ0v) is 11.1. The van der Waals surface area contributed by atoms with Crippen molar-refractivity contribution in [2.45, 2.75) is 33.2 Å². The van der Waals surface area contributed by atoms with Gasteiger partial charge >= 0.3 is 0 Å². The average Bonchev–Trinajstić information content (AvgIpc) is 2.35. The molecule has 0 saturated carbocycles. The number of hydrogen-bond donors (Lipinski definition) is 1. The summed E-state index contributed by atoms with van der Waals surface area (Å²) < 4.78 is 0. The summed E-state index contributed by atoms with van der Waals surface area (Å²) in [6, 6.07) is 3.94. The first-order valence-electron chi connectivity index (χ1n) is 6.21. The lowest BCUT2D eigenvalue weighted by Crippen LogP contribution is -2.47. The largest absolute Gasteiger partial charge is 0.372 e. The number of anilines is 2. The number of amides is 1. The van der Waals surface area contributed by atoms with Crippen LogP contribution in [0.25, 0.3) is 0 Å². The molecule has 1 unspecified atom stereocenters. The first-order chi connectivity index (χ1) is 8.58. The summed E-state index contributed by atoms with van der Waals surface area (Å²) in [6.07, 6.45) is 6.13. The third kappa shape index (κ3) is 1.95. The smallest absolute Gasteiger partial charge is 0.250 e. The zero-order chi connectivity index (χ0) is 13.3. The van der Waals surface area contributed by atoms with Gasteiger partial charge in [-0.2, -0.15) is 0 Å². The molecule has 0 aromatic heterocycles. The first kappa shape index (κ1) is 12.5. The molecule has 3 heteroatoms. The van der Waals surface area contributed by atoms with Gasteiger partial charge in [-0.1, -0.05) is 12.8 Å². The van der Waals surface area contributed by atoms with Crippen molar-refractivity contribution in [3.63, 3.8) is 0 Å². The molecule has 0 saturated heterocycles. The van der Waals surface area contributed by atoms with Gasteiger partial charge in [0.25, 0.3) is 0 Å². The summed E-state index contributed by atoms with van der Waals surface area (Å²) in [5.74, 6) is 2.63. The predicted octanol–water partition coefficient (Wildman–Crippen LogP) is 2.47. The van der Waals surface area contributed by atoms with Crippen molar-refractivity contribution in [3.8, 4) is 12.3 Å². The number of benzene rings is 1. The molecule has 1 aromatic carbocycles. The molecular formula is C15H18N2O. The van der Waals surface area contributed by atoms with Crippen molar-refractivity contribution in [1.82, 2.24) is 0 Å². The van der Waals surface area contributed by atoms with Gasteiger partial charge in [0.05, 0.1) is 17.9 Å². The molecule has 1 aliphatic rings. The predicted molar refractivity (Wildman–Crippen MR) is 74.8 cm³/mol. The fourth-order valence-corrected chi connectivity index (χ4v) is 2.23. The minimum atomic E-state index is -0.173. The molecule has 1 N–H and O–H groups in total. The highest BCUT2D eigenvalue weighted by molar-refractivity contribution is 6.05. The Morgan fingerprint density at radius 3 is 2.67 bits per heavy atom. The van der Waals surface area contributed by atoms with E-state index in [0.29, 0.717) is 6.54 Å². The summed E-state index contributed by atoms with van der Waals surface area (Å²) in [6.45, 7) is 6.43. The SMILES string of the molecule is C#CCN1C(=O)C(CC)Nc2cc(C)c(C)cc21. The Hall–Kier alpha value is -1.95. The molecule has 0 radical (unpaired) electrons. The van der Waals surface area contributed by atoms with E-state index in [1.165, 1.54) is 11.1 Å². The zero-order valence-electron chi connectivity index (χ0n) is 11.1. The number of terminal acetylenes is 1. The van der Waals surface area contributed by atoms with E-state index in [1.54, 1.807) is 4.90 Å². The molecule has 1 amide bonds. The normalized spacial score (nSPS) is 18.0. The second-order valence-electron chi connectivity index (χ2n) is 4.69. The fraction of sp³-hybridized carbons (Fsp3) is 0.400. The summed E-state index contributed by atoms with van der Waals surface area (Å²) in [5.41, 5.74) is 4.27. The summed E-state index contributed by atoms with van der Waals surface area (Å²) in [5, 5.41) is 3.29. The van der Waals surface area contributed by atoms with Gasteiger partial charge in [-0.05, 0) is 43.5 Å². The summed E-state index contributed by atoms with van der Waals surface area (Å²) >= 11 is 0. The van der Waals surface area contributed by atoms with Crippen LogP contribution in [0.5, 0.6) is 0 Å². The van der Waals surface area contributed by atoms with E-state index in [1.807, 2.05) is 19.9 Å². The Morgan fingerprint density at radius 1 is 1.39 bits per heavy atom. The lowest BCUT2D eigenvalue weighted by Gasteiger charge is -2.34. The second-order valence-corrected chi connectivity index (χ2v) is 4.69. The van der Waals surface area contributed by atoms with Crippen molar-refractivity contribution in [3.05, 3.63) is 23.3 Å². The average molecular weight is 242 g/mol. The first-order valence-corrected chi connectivity index (χ1v) is 6.21. The Kier molecular flexibility index (Phi) is 3.29. The Morgan fingerprint density at radius 2 is 2.06 bits per heavy atom. The van der Waals surface area contributed by atoms with Gasteiger partial charge < -0.3 is 5.32 Å². The Balaban J connectivity index is 2.52. The van der Waals surface area contributed by atoms with Gasteiger partial charge in [-0.15, -0.1) is 6.42 Å². The van der Waals surface area contributed by atoms with Crippen molar-refractivity contribution in [1.29, 1.82) is 0 Å². The van der Waals surface area contributed by atoms with Gasteiger partial charge in [0.2, 0.25) is 5.91 Å². The number of fused-ring (bicyclic) bond motifs is 1. The second kappa shape index (κ2) is 4.73. The number of hydrogen-bond acceptors (Lipinski definition) is 2. The van der Waals surface area contributed by atoms with Crippen LogP contribution >= 0.6 is 0 Å². The van der Waals surface area contributed by atoms with Crippen LogP contribution in [-0.2, 0) is 4.79 Å². The number of aryl methyl sites for hydroxylation is 2. The van der Waals surface area contributed by atoms with Crippen molar-refractivity contribution in [2.75, 3.05) is 16.8 Å². The van der Waals surface area contributed by atoms with Crippen molar-refractivity contribution < 1.29 is 4.79 Å². The van der Waals surface area contributed by atoms with Crippen molar-refractivity contribution in [2.24, 2.45) is 0 Å². The number of carbonyl (C=O) groups excluding carboxylic acids is 1. The maximum absolute atomic E-state index is 12.3. The van der Waals surface area contributed by atoms with Crippen LogP contribution in [0.3, 0.4) is 0 Å². The molecule has 1 atom stereocenters. The lowest BCUT2D eigenvalue weighted by atomic mass is 10.0. The minimum absolute atomic E-state index is 0.0613. The molecule has 2 rings (SSSR count). The van der Waals surface area contributed by atoms with E-state index in [4.69, 9.17) is 6.42 Å². The Bertz CT molecular complexity index is 528. The van der Waals surface area contributed by atoms with Crippen LogP contribution < -0.4 is 10.2 Å². The standard InChI is InChI=1S/C15H18N2O/c1-5-7-17-14-9-11(4)10(3)8-13(14)16-12(6-2)15(17)18/h1,8-9,12,16H,6-7H2,2-4H3. The topological polar surface area (TPSA) is 32.3 Å². The van der Waals surface area contributed by atoms with Gasteiger partial charge in [0.15, 0.2) is 0 Å². The van der Waals surface area contributed by atoms with E-state index in [2.05, 4.69) is 24.2 Å². The van der Waals surface area contributed by atoms with Crippen LogP contribution in [0.15, 0.2) is 12.1 Å². The van der Waals surface area contributed by atoms with Gasteiger partial charge in [-0.25, -0.2) is 0 Å². The van der Waals surface area contributed by atoms with E-state index in [0.717, 1.165) is 17.8 Å². The van der Waals surface area contributed by atoms with Crippen molar-refractivity contribution >= 4 is 17.3 Å². The molecule has 94 valence electrons. The van der Waals surface area contributed by atoms with Gasteiger partial charge in [0.1, 0.15) is 6.04 Å². The number of carbonyl (C=O) groups is 1. The minimum Gasteiger partial charge on any atom is -0.372 e. The molecule has 0 aliphatic carbocycles. The number of nitrogens with zero attached hydrogens (tertiary/aromatic N) is 1. The van der Waals surface area contributed by atoms with Crippen LogP contribution in [0.1, 0.15) is 24.5 Å².